The van der Waals surface area contributed by atoms with Gasteiger partial charge in [0.2, 0.25) is 0 Å². The van der Waals surface area contributed by atoms with Gasteiger partial charge >= 0.3 is 5.97 Å². The van der Waals surface area contributed by atoms with Crippen molar-refractivity contribution in [3.05, 3.63) is 19.8 Å². The number of carbonyl (C=O) groups is 1. The molecule has 0 spiro atoms. The zero-order valence-electron chi connectivity index (χ0n) is 9.54. The Balaban J connectivity index is 2.71. The molecule has 17 heavy (non-hydrogen) atoms. The molecule has 0 aliphatic heterocycles. The van der Waals surface area contributed by atoms with E-state index < -0.39 is 17.5 Å². The first-order valence-electron chi connectivity index (χ1n) is 5.06. The molecular formula is C11H14BrClO3S. The van der Waals surface area contributed by atoms with Gasteiger partial charge in [-0.05, 0) is 33.8 Å². The lowest BCUT2D eigenvalue weighted by Gasteiger charge is -2.24. The third-order valence-electron chi connectivity index (χ3n) is 2.37. The maximum absolute atomic E-state index is 10.7. The zero-order valence-corrected chi connectivity index (χ0v) is 12.7. The van der Waals surface area contributed by atoms with E-state index in [-0.39, 0.29) is 6.42 Å². The van der Waals surface area contributed by atoms with Crippen molar-refractivity contribution in [3.63, 3.8) is 0 Å². The molecule has 6 heteroatoms. The molecule has 0 radical (unpaired) electrons. The van der Waals surface area contributed by atoms with Crippen molar-refractivity contribution in [2.75, 3.05) is 0 Å². The van der Waals surface area contributed by atoms with Crippen LogP contribution in [0.2, 0.25) is 4.34 Å². The lowest BCUT2D eigenvalue weighted by molar-refractivity contribution is -0.139. The van der Waals surface area contributed by atoms with Crippen LogP contribution in [0.1, 0.15) is 37.7 Å². The summed E-state index contributed by atoms with van der Waals surface area (Å²) >= 11 is 10.5. The van der Waals surface area contributed by atoms with Crippen LogP contribution in [0.5, 0.6) is 0 Å². The van der Waals surface area contributed by atoms with Crippen LogP contribution in [-0.2, 0) is 4.79 Å². The smallest absolute Gasteiger partial charge is 0.303 e. The number of rotatable bonds is 5. The Kier molecular flexibility index (Phi) is 5.01. The number of hydrogen-bond donors (Lipinski definition) is 2. The van der Waals surface area contributed by atoms with E-state index in [1.807, 2.05) is 13.8 Å². The van der Waals surface area contributed by atoms with E-state index >= 15 is 0 Å². The summed E-state index contributed by atoms with van der Waals surface area (Å²) in [5.41, 5.74) is -0.450. The lowest BCUT2D eigenvalue weighted by atomic mass is 9.83. The van der Waals surface area contributed by atoms with Gasteiger partial charge < -0.3 is 10.2 Å². The number of aliphatic hydroxyl groups is 1. The highest BCUT2D eigenvalue weighted by molar-refractivity contribution is 9.10. The SMILES string of the molecule is CC(C)(CC(=O)O)CC(O)c1cc(Br)c(Cl)s1. The van der Waals surface area contributed by atoms with Crippen molar-refractivity contribution in [3.8, 4) is 0 Å². The molecule has 0 aromatic carbocycles. The van der Waals surface area contributed by atoms with E-state index in [1.165, 1.54) is 11.3 Å². The molecule has 96 valence electrons. The van der Waals surface area contributed by atoms with Gasteiger partial charge in [0.15, 0.2) is 0 Å². The van der Waals surface area contributed by atoms with Gasteiger partial charge in [0.1, 0.15) is 4.34 Å². The van der Waals surface area contributed by atoms with Crippen LogP contribution in [0.4, 0.5) is 0 Å². The molecule has 0 aliphatic carbocycles. The molecule has 0 amide bonds. The fourth-order valence-electron chi connectivity index (χ4n) is 1.63. The van der Waals surface area contributed by atoms with E-state index in [0.717, 1.165) is 9.35 Å². The minimum absolute atomic E-state index is 0.0321. The van der Waals surface area contributed by atoms with Crippen molar-refractivity contribution in [2.45, 2.75) is 32.8 Å². The van der Waals surface area contributed by atoms with Crippen LogP contribution < -0.4 is 0 Å². The van der Waals surface area contributed by atoms with Gasteiger partial charge in [-0.1, -0.05) is 25.4 Å². The molecular weight excluding hydrogens is 328 g/mol. The Labute approximate surface area is 118 Å². The van der Waals surface area contributed by atoms with E-state index in [0.29, 0.717) is 10.8 Å². The maximum atomic E-state index is 10.7. The number of carboxylic acids is 1. The third-order valence-corrected chi connectivity index (χ3v) is 4.94. The highest BCUT2D eigenvalue weighted by atomic mass is 79.9. The molecule has 1 aromatic rings. The molecule has 1 unspecified atom stereocenters. The Morgan fingerprint density at radius 2 is 2.24 bits per heavy atom. The molecule has 0 saturated heterocycles. The molecule has 2 N–H and O–H groups in total. The van der Waals surface area contributed by atoms with E-state index in [9.17, 15) is 9.90 Å². The minimum atomic E-state index is -0.854. The standard InChI is InChI=1S/C11H14BrClO3S/c1-11(2,5-9(15)16)4-7(14)8-3-6(12)10(13)17-8/h3,7,14H,4-5H2,1-2H3,(H,15,16). The summed E-state index contributed by atoms with van der Waals surface area (Å²) in [5.74, 6) is -0.854. The van der Waals surface area contributed by atoms with Crippen LogP contribution in [0.3, 0.4) is 0 Å². The van der Waals surface area contributed by atoms with Crippen molar-refractivity contribution in [1.82, 2.24) is 0 Å². The highest BCUT2D eigenvalue weighted by Crippen LogP contribution is 2.39. The Morgan fingerprint density at radius 3 is 2.65 bits per heavy atom. The number of aliphatic carboxylic acids is 1. The van der Waals surface area contributed by atoms with Crippen LogP contribution in [0.15, 0.2) is 10.5 Å². The first-order chi connectivity index (χ1) is 7.71. The van der Waals surface area contributed by atoms with Crippen molar-refractivity contribution in [1.29, 1.82) is 0 Å². The topological polar surface area (TPSA) is 57.5 Å². The number of carboxylic acid groups (broad SMARTS) is 1. The van der Waals surface area contributed by atoms with Crippen molar-refractivity contribution >= 4 is 44.8 Å². The average Bonchev–Trinajstić information content (AvgIpc) is 2.43. The minimum Gasteiger partial charge on any atom is -0.481 e. The molecule has 1 aromatic heterocycles. The quantitative estimate of drug-likeness (QED) is 0.848. The molecule has 0 saturated carbocycles. The summed E-state index contributed by atoms with van der Waals surface area (Å²) in [6.45, 7) is 3.66. The molecule has 0 bridgehead atoms. The summed E-state index contributed by atoms with van der Waals surface area (Å²) in [6.07, 6.45) is -0.259. The summed E-state index contributed by atoms with van der Waals surface area (Å²) in [7, 11) is 0. The third kappa shape index (κ3) is 4.58. The van der Waals surface area contributed by atoms with Crippen molar-refractivity contribution in [2.24, 2.45) is 5.41 Å². The zero-order chi connectivity index (χ0) is 13.2. The number of aliphatic hydroxyl groups excluding tert-OH is 1. The van der Waals surface area contributed by atoms with Gasteiger partial charge in [0, 0.05) is 9.35 Å². The summed E-state index contributed by atoms with van der Waals surface area (Å²) in [6, 6.07) is 1.77. The second kappa shape index (κ2) is 5.69. The predicted molar refractivity (Wildman–Crippen MR) is 72.6 cm³/mol. The summed E-state index contributed by atoms with van der Waals surface area (Å²) in [4.78, 5) is 11.4. The van der Waals surface area contributed by atoms with Crippen LogP contribution in [0, 0.1) is 5.41 Å². The monoisotopic (exact) mass is 340 g/mol. The van der Waals surface area contributed by atoms with E-state index in [1.54, 1.807) is 6.07 Å². The summed E-state index contributed by atoms with van der Waals surface area (Å²) in [5, 5.41) is 18.8. The van der Waals surface area contributed by atoms with Gasteiger partial charge in [0.05, 0.1) is 12.5 Å². The lowest BCUT2D eigenvalue weighted by Crippen LogP contribution is -2.19. The van der Waals surface area contributed by atoms with Crippen LogP contribution >= 0.6 is 38.9 Å². The summed E-state index contributed by atoms with van der Waals surface area (Å²) < 4.78 is 1.35. The number of thiophene rings is 1. The molecule has 0 aliphatic rings. The van der Waals surface area contributed by atoms with Gasteiger partial charge in [0.25, 0.3) is 0 Å². The molecule has 1 heterocycles. The first-order valence-corrected chi connectivity index (χ1v) is 7.04. The van der Waals surface area contributed by atoms with E-state index in [4.69, 9.17) is 16.7 Å². The van der Waals surface area contributed by atoms with Gasteiger partial charge in [-0.15, -0.1) is 11.3 Å². The normalized spacial score (nSPS) is 13.7. The molecule has 0 fully saturated rings. The fraction of sp³-hybridized carbons (Fsp3) is 0.545. The first kappa shape index (κ1) is 15.0. The van der Waals surface area contributed by atoms with Gasteiger partial charge in [-0.25, -0.2) is 0 Å². The van der Waals surface area contributed by atoms with Gasteiger partial charge in [-0.3, -0.25) is 4.79 Å². The molecule has 1 rings (SSSR count). The average molecular weight is 342 g/mol. The van der Waals surface area contributed by atoms with E-state index in [2.05, 4.69) is 15.9 Å². The fourth-order valence-corrected chi connectivity index (χ4v) is 3.36. The predicted octanol–water partition coefficient (Wildman–Crippen LogP) is 4.09. The molecule has 1 atom stereocenters. The largest absolute Gasteiger partial charge is 0.481 e. The molecule has 3 nitrogen and oxygen atoms in total. The van der Waals surface area contributed by atoms with Gasteiger partial charge in [-0.2, -0.15) is 0 Å². The Bertz CT molecular complexity index is 397. The van der Waals surface area contributed by atoms with Crippen LogP contribution in [-0.4, -0.2) is 16.2 Å². The van der Waals surface area contributed by atoms with Crippen molar-refractivity contribution < 1.29 is 15.0 Å². The maximum Gasteiger partial charge on any atom is 0.303 e. The Hall–Kier alpha value is -0.100. The number of halogens is 2. The second-order valence-corrected chi connectivity index (χ2v) is 7.27. The second-order valence-electron chi connectivity index (χ2n) is 4.73. The van der Waals surface area contributed by atoms with Crippen LogP contribution in [0.25, 0.3) is 0 Å². The number of hydrogen-bond acceptors (Lipinski definition) is 3. The Morgan fingerprint density at radius 1 is 1.65 bits per heavy atom. The highest BCUT2D eigenvalue weighted by Gasteiger charge is 2.27.